The maximum absolute atomic E-state index is 5.19. The van der Waals surface area contributed by atoms with Crippen molar-refractivity contribution in [3.8, 4) is 0 Å². The van der Waals surface area contributed by atoms with E-state index in [0.717, 1.165) is 31.4 Å². The van der Waals surface area contributed by atoms with E-state index in [1.165, 1.54) is 43.6 Å². The van der Waals surface area contributed by atoms with Crippen molar-refractivity contribution in [3.05, 3.63) is 35.4 Å². The molecule has 1 aliphatic rings. The number of rotatable bonds is 8. The molecule has 148 valence electrons. The van der Waals surface area contributed by atoms with Gasteiger partial charge in [0.25, 0.3) is 0 Å². The Hall–Kier alpha value is -0.860. The molecule has 0 amide bonds. The molecule has 26 heavy (non-hydrogen) atoms. The monoisotopic (exact) mass is 474 g/mol. The number of halogens is 1. The molecule has 6 heteroatoms. The molecular weight excluding hydrogens is 439 g/mol. The molecule has 2 rings (SSSR count). The van der Waals surface area contributed by atoms with E-state index in [9.17, 15) is 0 Å². The molecule has 0 aliphatic carbocycles. The maximum Gasteiger partial charge on any atom is 0.191 e. The summed E-state index contributed by atoms with van der Waals surface area (Å²) in [7, 11) is 3.55. The summed E-state index contributed by atoms with van der Waals surface area (Å²) in [6, 6.07) is 8.44. The predicted octanol–water partition coefficient (Wildman–Crippen LogP) is 3.24. The van der Waals surface area contributed by atoms with Gasteiger partial charge >= 0.3 is 0 Å². The van der Waals surface area contributed by atoms with Gasteiger partial charge in [0.15, 0.2) is 5.96 Å². The number of hydrogen-bond acceptors (Lipinski definition) is 3. The van der Waals surface area contributed by atoms with E-state index in [0.29, 0.717) is 6.61 Å². The summed E-state index contributed by atoms with van der Waals surface area (Å²) >= 11 is 0. The van der Waals surface area contributed by atoms with E-state index in [1.807, 2.05) is 7.05 Å². The number of methoxy groups -OCH3 is 1. The third-order valence-corrected chi connectivity index (χ3v) is 4.81. The normalized spacial score (nSPS) is 16.2. The average molecular weight is 474 g/mol. The highest BCUT2D eigenvalue weighted by Crippen LogP contribution is 2.15. The van der Waals surface area contributed by atoms with Crippen molar-refractivity contribution in [1.82, 2.24) is 15.5 Å². The van der Waals surface area contributed by atoms with Crippen LogP contribution >= 0.6 is 24.0 Å². The first-order valence-electron chi connectivity index (χ1n) is 9.45. The third-order valence-electron chi connectivity index (χ3n) is 4.81. The van der Waals surface area contributed by atoms with E-state index >= 15 is 0 Å². The van der Waals surface area contributed by atoms with Gasteiger partial charge in [-0.25, -0.2) is 0 Å². The van der Waals surface area contributed by atoms with Gasteiger partial charge in [-0.2, -0.15) is 0 Å². The van der Waals surface area contributed by atoms with Crippen LogP contribution in [0.25, 0.3) is 0 Å². The Bertz CT molecular complexity index is 530. The van der Waals surface area contributed by atoms with Crippen LogP contribution in [0.2, 0.25) is 0 Å². The number of nitrogens with zero attached hydrogens (tertiary/aromatic N) is 2. The minimum atomic E-state index is 0. The highest BCUT2D eigenvalue weighted by Gasteiger charge is 2.14. The Morgan fingerprint density at radius 2 is 1.96 bits per heavy atom. The van der Waals surface area contributed by atoms with E-state index in [2.05, 4.69) is 51.7 Å². The molecule has 0 aromatic heterocycles. The second-order valence-corrected chi connectivity index (χ2v) is 6.98. The average Bonchev–Trinajstić information content (AvgIpc) is 2.63. The Kier molecular flexibility index (Phi) is 11.9. The quantitative estimate of drug-likeness (QED) is 0.263. The molecule has 0 radical (unpaired) electrons. The molecule has 5 nitrogen and oxygen atoms in total. The lowest BCUT2D eigenvalue weighted by Crippen LogP contribution is -2.39. The molecule has 0 spiro atoms. The van der Waals surface area contributed by atoms with Crippen LogP contribution in [0.1, 0.15) is 37.3 Å². The van der Waals surface area contributed by atoms with Crippen LogP contribution in [0.3, 0.4) is 0 Å². The number of benzene rings is 1. The van der Waals surface area contributed by atoms with E-state index < -0.39 is 0 Å². The van der Waals surface area contributed by atoms with Crippen LogP contribution in [0.5, 0.6) is 0 Å². The molecule has 0 bridgehead atoms. The highest BCUT2D eigenvalue weighted by molar-refractivity contribution is 14.0. The zero-order valence-electron chi connectivity index (χ0n) is 16.5. The van der Waals surface area contributed by atoms with Gasteiger partial charge in [-0.3, -0.25) is 4.99 Å². The zero-order chi connectivity index (χ0) is 17.9. The molecule has 1 saturated heterocycles. The molecule has 0 saturated carbocycles. The van der Waals surface area contributed by atoms with Crippen molar-refractivity contribution in [2.45, 2.75) is 39.3 Å². The Balaban J connectivity index is 0.00000338. The largest absolute Gasteiger partial charge is 0.380 e. The summed E-state index contributed by atoms with van der Waals surface area (Å²) in [4.78, 5) is 6.89. The summed E-state index contributed by atoms with van der Waals surface area (Å²) in [6.07, 6.45) is 3.84. The molecular formula is C20H35IN4O. The van der Waals surface area contributed by atoms with Crippen LogP contribution in [-0.4, -0.2) is 51.2 Å². The van der Waals surface area contributed by atoms with E-state index in [4.69, 9.17) is 4.74 Å². The van der Waals surface area contributed by atoms with Crippen LogP contribution in [0.15, 0.2) is 29.3 Å². The summed E-state index contributed by atoms with van der Waals surface area (Å²) in [5.41, 5.74) is 2.43. The summed E-state index contributed by atoms with van der Waals surface area (Å²) < 4.78 is 5.19. The van der Waals surface area contributed by atoms with Crippen molar-refractivity contribution >= 4 is 29.9 Å². The third kappa shape index (κ3) is 8.68. The van der Waals surface area contributed by atoms with Crippen LogP contribution in [0.4, 0.5) is 0 Å². The van der Waals surface area contributed by atoms with E-state index in [-0.39, 0.29) is 24.0 Å². The second-order valence-electron chi connectivity index (χ2n) is 6.98. The molecule has 0 unspecified atom stereocenters. The molecule has 1 heterocycles. The maximum atomic E-state index is 5.19. The van der Waals surface area contributed by atoms with Gasteiger partial charge in [0.1, 0.15) is 0 Å². The van der Waals surface area contributed by atoms with Gasteiger partial charge < -0.3 is 20.3 Å². The van der Waals surface area contributed by atoms with Crippen molar-refractivity contribution < 1.29 is 4.74 Å². The molecule has 1 aromatic carbocycles. The van der Waals surface area contributed by atoms with Crippen molar-refractivity contribution in [2.24, 2.45) is 10.9 Å². The summed E-state index contributed by atoms with van der Waals surface area (Å²) in [5.74, 6) is 1.77. The van der Waals surface area contributed by atoms with Gasteiger partial charge in [0, 0.05) is 27.2 Å². The Labute approximate surface area is 176 Å². The zero-order valence-corrected chi connectivity index (χ0v) is 18.8. The fourth-order valence-electron chi connectivity index (χ4n) is 3.20. The first-order valence-corrected chi connectivity index (χ1v) is 9.45. The highest BCUT2D eigenvalue weighted by atomic mass is 127. The molecule has 1 aliphatic heterocycles. The lowest BCUT2D eigenvalue weighted by atomic mass is 9.99. The standard InChI is InChI=1S/C20H34N4O.HI/c1-17-8-12-24(13-9-17)11-5-10-22-20(21-2)23-15-18-6-4-7-19(14-18)16-25-3;/h4,6-7,14,17H,5,8-13,15-16H2,1-3H3,(H2,21,22,23);1H. The lowest BCUT2D eigenvalue weighted by Gasteiger charge is -2.30. The first kappa shape index (κ1) is 23.2. The van der Waals surface area contributed by atoms with Gasteiger partial charge in [-0.1, -0.05) is 31.2 Å². The van der Waals surface area contributed by atoms with Gasteiger partial charge in [-0.15, -0.1) is 24.0 Å². The first-order chi connectivity index (χ1) is 12.2. The van der Waals surface area contributed by atoms with Gasteiger partial charge in [0.2, 0.25) is 0 Å². The number of nitrogens with one attached hydrogen (secondary N) is 2. The van der Waals surface area contributed by atoms with Gasteiger partial charge in [0.05, 0.1) is 6.61 Å². The SMILES string of the molecule is CN=C(NCCCN1CCC(C)CC1)NCc1cccc(COC)c1.I. The van der Waals surface area contributed by atoms with Crippen LogP contribution in [-0.2, 0) is 17.9 Å². The summed E-state index contributed by atoms with van der Waals surface area (Å²) in [6.45, 7) is 8.42. The number of likely N-dealkylation sites (tertiary alicyclic amines) is 1. The van der Waals surface area contributed by atoms with E-state index in [1.54, 1.807) is 7.11 Å². The number of ether oxygens (including phenoxy) is 1. The summed E-state index contributed by atoms with van der Waals surface area (Å²) in [5, 5.41) is 6.80. The Morgan fingerprint density at radius 3 is 2.65 bits per heavy atom. The van der Waals surface area contributed by atoms with Gasteiger partial charge in [-0.05, 0) is 55.9 Å². The molecule has 1 aromatic rings. The molecule has 2 N–H and O–H groups in total. The minimum Gasteiger partial charge on any atom is -0.380 e. The van der Waals surface area contributed by atoms with Crippen LogP contribution in [0, 0.1) is 5.92 Å². The minimum absolute atomic E-state index is 0. The van der Waals surface area contributed by atoms with Crippen molar-refractivity contribution in [3.63, 3.8) is 0 Å². The number of hydrogen-bond donors (Lipinski definition) is 2. The fraction of sp³-hybridized carbons (Fsp3) is 0.650. The van der Waals surface area contributed by atoms with Crippen molar-refractivity contribution in [1.29, 1.82) is 0 Å². The topological polar surface area (TPSA) is 48.9 Å². The second kappa shape index (κ2) is 13.3. The Morgan fingerprint density at radius 1 is 1.23 bits per heavy atom. The number of aliphatic imine (C=N–C) groups is 1. The number of piperidine rings is 1. The van der Waals surface area contributed by atoms with Crippen molar-refractivity contribution in [2.75, 3.05) is 40.3 Å². The lowest BCUT2D eigenvalue weighted by molar-refractivity contribution is 0.185. The number of guanidine groups is 1. The fourth-order valence-corrected chi connectivity index (χ4v) is 3.20. The molecule has 0 atom stereocenters. The smallest absolute Gasteiger partial charge is 0.191 e. The van der Waals surface area contributed by atoms with Crippen LogP contribution < -0.4 is 10.6 Å². The molecule has 1 fully saturated rings. The predicted molar refractivity (Wildman–Crippen MR) is 120 cm³/mol.